The van der Waals surface area contributed by atoms with E-state index < -0.39 is 0 Å². The van der Waals surface area contributed by atoms with E-state index in [0.717, 1.165) is 11.0 Å². The molecule has 1 rings (SSSR count). The van der Waals surface area contributed by atoms with Crippen LogP contribution in [0.25, 0.3) is 0 Å². The molecule has 0 saturated carbocycles. The summed E-state index contributed by atoms with van der Waals surface area (Å²) in [4.78, 5) is 1.30. The Bertz CT molecular complexity index is 280. The summed E-state index contributed by atoms with van der Waals surface area (Å²) in [5.41, 5.74) is 0. The second-order valence-electron chi connectivity index (χ2n) is 3.14. The molecule has 0 aromatic carbocycles. The number of aliphatic hydroxyl groups is 1. The molecule has 0 aliphatic rings. The summed E-state index contributed by atoms with van der Waals surface area (Å²) in [6.45, 7) is 4.06. The Balaban J connectivity index is 2.19. The Morgan fingerprint density at radius 2 is 2.40 bits per heavy atom. The Morgan fingerprint density at radius 1 is 1.60 bits per heavy atom. The number of halogens is 1. The summed E-state index contributed by atoms with van der Waals surface area (Å²) in [5.74, 6) is 0. The van der Waals surface area contributed by atoms with Gasteiger partial charge in [0, 0.05) is 21.9 Å². The molecular weight excluding hydrogens is 278 g/mol. The summed E-state index contributed by atoms with van der Waals surface area (Å²) in [5, 5.41) is 13.9. The van der Waals surface area contributed by atoms with Crippen LogP contribution in [-0.4, -0.2) is 31.5 Å². The van der Waals surface area contributed by atoms with Gasteiger partial charge in [-0.15, -0.1) is 11.3 Å². The average Bonchev–Trinajstić information content (AvgIpc) is 2.64. The van der Waals surface area contributed by atoms with Crippen LogP contribution in [0.15, 0.2) is 15.9 Å². The zero-order chi connectivity index (χ0) is 11.1. The van der Waals surface area contributed by atoms with E-state index in [1.165, 1.54) is 4.88 Å². The normalized spacial score (nSPS) is 13.0. The van der Waals surface area contributed by atoms with Gasteiger partial charge >= 0.3 is 0 Å². The van der Waals surface area contributed by atoms with Gasteiger partial charge in [0.05, 0.1) is 19.8 Å². The first-order valence-electron chi connectivity index (χ1n) is 4.90. The van der Waals surface area contributed by atoms with Gasteiger partial charge in [0.2, 0.25) is 0 Å². The fourth-order valence-electron chi connectivity index (χ4n) is 1.22. The minimum absolute atomic E-state index is 0.0893. The number of thiophene rings is 1. The average molecular weight is 294 g/mol. The molecule has 1 aromatic rings. The van der Waals surface area contributed by atoms with Crippen LogP contribution in [0.5, 0.6) is 0 Å². The number of rotatable bonds is 7. The highest BCUT2D eigenvalue weighted by Gasteiger charge is 2.09. The highest BCUT2D eigenvalue weighted by Crippen LogP contribution is 2.28. The lowest BCUT2D eigenvalue weighted by molar-refractivity contribution is 0.0929. The van der Waals surface area contributed by atoms with Crippen molar-refractivity contribution in [1.29, 1.82) is 0 Å². The van der Waals surface area contributed by atoms with Gasteiger partial charge in [0.1, 0.15) is 0 Å². The molecule has 1 atom stereocenters. The molecule has 0 aliphatic carbocycles. The molecule has 5 heteroatoms. The highest BCUT2D eigenvalue weighted by molar-refractivity contribution is 9.10. The fraction of sp³-hybridized carbons (Fsp3) is 0.600. The van der Waals surface area contributed by atoms with Crippen molar-refractivity contribution in [2.45, 2.75) is 13.0 Å². The van der Waals surface area contributed by atoms with E-state index in [9.17, 15) is 0 Å². The van der Waals surface area contributed by atoms with Crippen LogP contribution in [-0.2, 0) is 4.74 Å². The first kappa shape index (κ1) is 13.1. The predicted molar refractivity (Wildman–Crippen MR) is 66.3 cm³/mol. The van der Waals surface area contributed by atoms with Crippen molar-refractivity contribution in [2.75, 3.05) is 26.4 Å². The lowest BCUT2D eigenvalue weighted by Gasteiger charge is -2.12. The highest BCUT2D eigenvalue weighted by atomic mass is 79.9. The minimum atomic E-state index is 0.0893. The van der Waals surface area contributed by atoms with E-state index in [1.807, 2.05) is 0 Å². The summed E-state index contributed by atoms with van der Waals surface area (Å²) >= 11 is 5.24. The van der Waals surface area contributed by atoms with Crippen LogP contribution in [0, 0.1) is 0 Å². The molecule has 0 fully saturated rings. The van der Waals surface area contributed by atoms with Crippen LogP contribution in [0.3, 0.4) is 0 Å². The van der Waals surface area contributed by atoms with Crippen LogP contribution >= 0.6 is 27.3 Å². The van der Waals surface area contributed by atoms with Crippen LogP contribution in [0.1, 0.15) is 17.8 Å². The van der Waals surface area contributed by atoms with Crippen LogP contribution < -0.4 is 5.32 Å². The van der Waals surface area contributed by atoms with Crippen molar-refractivity contribution in [2.24, 2.45) is 0 Å². The van der Waals surface area contributed by atoms with Gasteiger partial charge in [-0.25, -0.2) is 0 Å². The molecule has 0 spiro atoms. The maximum absolute atomic E-state index is 8.51. The van der Waals surface area contributed by atoms with E-state index in [2.05, 4.69) is 39.6 Å². The Labute approximate surface area is 103 Å². The van der Waals surface area contributed by atoms with Crippen molar-refractivity contribution in [1.82, 2.24) is 5.32 Å². The van der Waals surface area contributed by atoms with Gasteiger partial charge in [-0.1, -0.05) is 0 Å². The van der Waals surface area contributed by atoms with Crippen molar-refractivity contribution < 1.29 is 9.84 Å². The molecule has 0 saturated heterocycles. The SMILES string of the molecule is CC(NCCOCCO)c1sccc1Br. The molecule has 1 heterocycles. The standard InChI is InChI=1S/C10H16BrNO2S/c1-8(10-9(11)2-7-15-10)12-3-5-14-6-4-13/h2,7-8,12-13H,3-6H2,1H3. The van der Waals surface area contributed by atoms with E-state index in [0.29, 0.717) is 19.3 Å². The first-order chi connectivity index (χ1) is 7.25. The minimum Gasteiger partial charge on any atom is -0.394 e. The zero-order valence-corrected chi connectivity index (χ0v) is 11.1. The number of hydrogen-bond acceptors (Lipinski definition) is 4. The molecule has 0 aliphatic heterocycles. The van der Waals surface area contributed by atoms with E-state index in [4.69, 9.17) is 9.84 Å². The lowest BCUT2D eigenvalue weighted by Crippen LogP contribution is -2.23. The molecule has 15 heavy (non-hydrogen) atoms. The summed E-state index contributed by atoms with van der Waals surface area (Å²) in [6, 6.07) is 2.39. The molecule has 1 unspecified atom stereocenters. The quantitative estimate of drug-likeness (QED) is 0.757. The van der Waals surface area contributed by atoms with E-state index in [1.54, 1.807) is 11.3 Å². The fourth-order valence-corrected chi connectivity index (χ4v) is 2.97. The van der Waals surface area contributed by atoms with Gasteiger partial charge in [0.25, 0.3) is 0 Å². The molecule has 0 radical (unpaired) electrons. The summed E-state index contributed by atoms with van der Waals surface area (Å²) in [7, 11) is 0. The van der Waals surface area contributed by atoms with Crippen LogP contribution in [0.4, 0.5) is 0 Å². The topological polar surface area (TPSA) is 41.5 Å². The molecular formula is C10H16BrNO2S. The second-order valence-corrected chi connectivity index (χ2v) is 4.95. The monoisotopic (exact) mass is 293 g/mol. The smallest absolute Gasteiger partial charge is 0.0698 e. The summed E-state index contributed by atoms with van der Waals surface area (Å²) in [6.07, 6.45) is 0. The van der Waals surface area contributed by atoms with Gasteiger partial charge in [-0.3, -0.25) is 0 Å². The van der Waals surface area contributed by atoms with Gasteiger partial charge < -0.3 is 15.2 Å². The number of hydrogen-bond donors (Lipinski definition) is 2. The second kappa shape index (κ2) is 7.35. The molecule has 0 bridgehead atoms. The van der Waals surface area contributed by atoms with Gasteiger partial charge in [0.15, 0.2) is 0 Å². The third-order valence-corrected chi connectivity index (χ3v) is 4.02. The molecule has 0 amide bonds. The zero-order valence-electron chi connectivity index (χ0n) is 8.70. The number of ether oxygens (including phenoxy) is 1. The lowest BCUT2D eigenvalue weighted by atomic mass is 10.3. The number of nitrogens with one attached hydrogen (secondary N) is 1. The Morgan fingerprint density at radius 3 is 3.00 bits per heavy atom. The molecule has 3 nitrogen and oxygen atoms in total. The molecule has 2 N–H and O–H groups in total. The predicted octanol–water partition coefficient (Wildman–Crippen LogP) is 2.17. The van der Waals surface area contributed by atoms with Crippen molar-refractivity contribution >= 4 is 27.3 Å². The Kier molecular flexibility index (Phi) is 6.43. The summed E-state index contributed by atoms with van der Waals surface area (Å²) < 4.78 is 6.32. The maximum Gasteiger partial charge on any atom is 0.0698 e. The molecule has 86 valence electrons. The molecule has 1 aromatic heterocycles. The first-order valence-corrected chi connectivity index (χ1v) is 6.58. The van der Waals surface area contributed by atoms with Crippen molar-refractivity contribution in [3.8, 4) is 0 Å². The van der Waals surface area contributed by atoms with Gasteiger partial charge in [-0.05, 0) is 34.3 Å². The Hall–Kier alpha value is 0.0600. The maximum atomic E-state index is 8.51. The van der Waals surface area contributed by atoms with E-state index >= 15 is 0 Å². The third kappa shape index (κ3) is 4.61. The van der Waals surface area contributed by atoms with Crippen LogP contribution in [0.2, 0.25) is 0 Å². The van der Waals surface area contributed by atoms with E-state index in [-0.39, 0.29) is 6.61 Å². The third-order valence-electron chi connectivity index (χ3n) is 1.97. The largest absolute Gasteiger partial charge is 0.394 e. The van der Waals surface area contributed by atoms with Crippen molar-refractivity contribution in [3.63, 3.8) is 0 Å². The van der Waals surface area contributed by atoms with Gasteiger partial charge in [-0.2, -0.15) is 0 Å². The van der Waals surface area contributed by atoms with Crippen molar-refractivity contribution in [3.05, 3.63) is 20.8 Å². The number of aliphatic hydroxyl groups excluding tert-OH is 1.